The van der Waals surface area contributed by atoms with Gasteiger partial charge in [-0.1, -0.05) is 0 Å². The first-order valence-electron chi connectivity index (χ1n) is 4.21. The summed E-state index contributed by atoms with van der Waals surface area (Å²) < 4.78 is 0.628. The van der Waals surface area contributed by atoms with Gasteiger partial charge in [-0.3, -0.25) is 9.89 Å². The molecule has 0 saturated heterocycles. The Balaban J connectivity index is 2.49. The SMILES string of the molecule is O=Cc1[nH]nc(-c2ccc(O)cc2)c1Br. The van der Waals surface area contributed by atoms with E-state index >= 15 is 0 Å². The topological polar surface area (TPSA) is 66.0 Å². The molecule has 0 aliphatic heterocycles. The van der Waals surface area contributed by atoms with Crippen LogP contribution in [0.2, 0.25) is 0 Å². The molecule has 76 valence electrons. The summed E-state index contributed by atoms with van der Waals surface area (Å²) in [5.41, 5.74) is 1.87. The summed E-state index contributed by atoms with van der Waals surface area (Å²) in [4.78, 5) is 10.6. The van der Waals surface area contributed by atoms with Gasteiger partial charge in [-0.2, -0.15) is 5.10 Å². The number of hydrogen-bond acceptors (Lipinski definition) is 3. The Kier molecular flexibility index (Phi) is 2.55. The zero-order chi connectivity index (χ0) is 10.8. The van der Waals surface area contributed by atoms with Crippen molar-refractivity contribution in [1.82, 2.24) is 10.2 Å². The van der Waals surface area contributed by atoms with Crippen LogP contribution in [0.1, 0.15) is 10.5 Å². The van der Waals surface area contributed by atoms with E-state index in [-0.39, 0.29) is 5.75 Å². The minimum absolute atomic E-state index is 0.195. The number of halogens is 1. The molecule has 0 fully saturated rings. The van der Waals surface area contributed by atoms with Crippen molar-refractivity contribution in [1.29, 1.82) is 0 Å². The van der Waals surface area contributed by atoms with E-state index in [0.29, 0.717) is 22.1 Å². The minimum Gasteiger partial charge on any atom is -0.508 e. The summed E-state index contributed by atoms with van der Waals surface area (Å²) >= 11 is 3.28. The van der Waals surface area contributed by atoms with E-state index in [1.165, 1.54) is 0 Å². The van der Waals surface area contributed by atoms with Crippen LogP contribution in [0.15, 0.2) is 28.7 Å². The predicted molar refractivity (Wildman–Crippen MR) is 58.8 cm³/mol. The lowest BCUT2D eigenvalue weighted by Crippen LogP contribution is -1.78. The molecule has 0 bridgehead atoms. The maximum Gasteiger partial charge on any atom is 0.169 e. The molecular formula is C10H7BrN2O2. The van der Waals surface area contributed by atoms with E-state index in [1.807, 2.05) is 0 Å². The molecule has 15 heavy (non-hydrogen) atoms. The average molecular weight is 267 g/mol. The number of phenols is 1. The van der Waals surface area contributed by atoms with Crippen molar-refractivity contribution < 1.29 is 9.90 Å². The van der Waals surface area contributed by atoms with Crippen LogP contribution in [-0.4, -0.2) is 21.6 Å². The zero-order valence-electron chi connectivity index (χ0n) is 7.57. The molecule has 5 heteroatoms. The fraction of sp³-hybridized carbons (Fsp3) is 0. The third-order valence-electron chi connectivity index (χ3n) is 1.99. The van der Waals surface area contributed by atoms with Crippen LogP contribution in [-0.2, 0) is 0 Å². The van der Waals surface area contributed by atoms with Crippen molar-refractivity contribution in [3.63, 3.8) is 0 Å². The van der Waals surface area contributed by atoms with Gasteiger partial charge in [0.25, 0.3) is 0 Å². The van der Waals surface area contributed by atoms with Crippen molar-refractivity contribution in [2.75, 3.05) is 0 Å². The molecule has 0 aliphatic rings. The summed E-state index contributed by atoms with van der Waals surface area (Å²) in [5, 5.41) is 15.7. The number of H-pyrrole nitrogens is 1. The number of rotatable bonds is 2. The number of aromatic nitrogens is 2. The summed E-state index contributed by atoms with van der Waals surface area (Å²) in [5.74, 6) is 0.195. The standard InChI is InChI=1S/C10H7BrN2O2/c11-9-8(5-14)12-13-10(9)6-1-3-7(15)4-2-6/h1-5,15H,(H,12,13). The van der Waals surface area contributed by atoms with Crippen molar-refractivity contribution in [2.45, 2.75) is 0 Å². The fourth-order valence-electron chi connectivity index (χ4n) is 1.23. The van der Waals surface area contributed by atoms with Gasteiger partial charge in [0, 0.05) is 5.56 Å². The number of aromatic amines is 1. The summed E-state index contributed by atoms with van der Waals surface area (Å²) in [6.07, 6.45) is 0.695. The number of carbonyl (C=O) groups is 1. The number of nitrogens with zero attached hydrogens (tertiary/aromatic N) is 1. The van der Waals surface area contributed by atoms with Gasteiger partial charge in [-0.05, 0) is 40.2 Å². The van der Waals surface area contributed by atoms with Crippen LogP contribution in [0.5, 0.6) is 5.75 Å². The fourth-order valence-corrected chi connectivity index (χ4v) is 1.73. The Morgan fingerprint density at radius 1 is 1.33 bits per heavy atom. The van der Waals surface area contributed by atoms with Crippen LogP contribution in [0.3, 0.4) is 0 Å². The highest BCUT2D eigenvalue weighted by atomic mass is 79.9. The summed E-state index contributed by atoms with van der Waals surface area (Å²) in [6, 6.07) is 6.59. The molecule has 0 spiro atoms. The molecule has 0 radical (unpaired) electrons. The normalized spacial score (nSPS) is 10.2. The highest BCUT2D eigenvalue weighted by molar-refractivity contribution is 9.10. The Bertz CT molecular complexity index is 491. The third-order valence-corrected chi connectivity index (χ3v) is 2.79. The van der Waals surface area contributed by atoms with E-state index in [0.717, 1.165) is 5.56 Å². The molecule has 0 aliphatic carbocycles. The molecule has 2 rings (SSSR count). The lowest BCUT2D eigenvalue weighted by atomic mass is 10.1. The molecule has 2 aromatic rings. The number of hydrogen-bond donors (Lipinski definition) is 2. The molecule has 1 heterocycles. The smallest absolute Gasteiger partial charge is 0.169 e. The van der Waals surface area contributed by atoms with E-state index in [2.05, 4.69) is 26.1 Å². The quantitative estimate of drug-likeness (QED) is 0.821. The largest absolute Gasteiger partial charge is 0.508 e. The predicted octanol–water partition coefficient (Wildman–Crippen LogP) is 2.36. The monoisotopic (exact) mass is 266 g/mol. The molecule has 0 saturated carbocycles. The summed E-state index contributed by atoms with van der Waals surface area (Å²) in [6.45, 7) is 0. The molecule has 0 atom stereocenters. The van der Waals surface area contributed by atoms with Crippen molar-refractivity contribution in [3.8, 4) is 17.0 Å². The second-order valence-corrected chi connectivity index (χ2v) is 3.76. The van der Waals surface area contributed by atoms with Gasteiger partial charge in [0.2, 0.25) is 0 Å². The molecule has 4 nitrogen and oxygen atoms in total. The zero-order valence-corrected chi connectivity index (χ0v) is 9.15. The van der Waals surface area contributed by atoms with Gasteiger partial charge in [-0.25, -0.2) is 0 Å². The molecule has 1 aromatic heterocycles. The minimum atomic E-state index is 0.195. The van der Waals surface area contributed by atoms with Gasteiger partial charge in [0.05, 0.1) is 4.47 Å². The van der Waals surface area contributed by atoms with Gasteiger partial charge >= 0.3 is 0 Å². The van der Waals surface area contributed by atoms with Crippen molar-refractivity contribution in [2.24, 2.45) is 0 Å². The van der Waals surface area contributed by atoms with Gasteiger partial charge < -0.3 is 5.11 Å². The Labute approximate surface area is 94.1 Å². The number of carbonyl (C=O) groups excluding carboxylic acids is 1. The summed E-state index contributed by atoms with van der Waals surface area (Å²) in [7, 11) is 0. The third kappa shape index (κ3) is 1.78. The highest BCUT2D eigenvalue weighted by Gasteiger charge is 2.11. The maximum absolute atomic E-state index is 10.6. The molecule has 1 aromatic carbocycles. The molecule has 2 N–H and O–H groups in total. The lowest BCUT2D eigenvalue weighted by Gasteiger charge is -1.97. The van der Waals surface area contributed by atoms with Crippen LogP contribution >= 0.6 is 15.9 Å². The highest BCUT2D eigenvalue weighted by Crippen LogP contribution is 2.28. The lowest BCUT2D eigenvalue weighted by molar-refractivity contribution is 0.111. The van der Waals surface area contributed by atoms with E-state index < -0.39 is 0 Å². The second-order valence-electron chi connectivity index (χ2n) is 2.96. The molecule has 0 amide bonds. The second kappa shape index (κ2) is 3.86. The number of phenolic OH excluding ortho intramolecular Hbond substituents is 1. The Morgan fingerprint density at radius 3 is 2.53 bits per heavy atom. The van der Waals surface area contributed by atoms with Crippen LogP contribution in [0, 0.1) is 0 Å². The van der Waals surface area contributed by atoms with Crippen LogP contribution < -0.4 is 0 Å². The van der Waals surface area contributed by atoms with E-state index in [1.54, 1.807) is 24.3 Å². The molecular weight excluding hydrogens is 260 g/mol. The molecule has 0 unspecified atom stereocenters. The van der Waals surface area contributed by atoms with E-state index in [4.69, 9.17) is 5.11 Å². The van der Waals surface area contributed by atoms with Crippen LogP contribution in [0.25, 0.3) is 11.3 Å². The van der Waals surface area contributed by atoms with Gasteiger partial charge in [0.1, 0.15) is 17.1 Å². The van der Waals surface area contributed by atoms with Crippen molar-refractivity contribution >= 4 is 22.2 Å². The number of aldehydes is 1. The number of aromatic hydroxyl groups is 1. The maximum atomic E-state index is 10.6. The van der Waals surface area contributed by atoms with Crippen LogP contribution in [0.4, 0.5) is 0 Å². The Hall–Kier alpha value is -1.62. The first-order chi connectivity index (χ1) is 7.22. The first kappa shape index (κ1) is 9.92. The van der Waals surface area contributed by atoms with Gasteiger partial charge in [0.15, 0.2) is 6.29 Å². The average Bonchev–Trinajstić information content (AvgIpc) is 2.61. The van der Waals surface area contributed by atoms with Gasteiger partial charge in [-0.15, -0.1) is 0 Å². The Morgan fingerprint density at radius 2 is 2.00 bits per heavy atom. The number of nitrogens with one attached hydrogen (secondary N) is 1. The van der Waals surface area contributed by atoms with E-state index in [9.17, 15) is 4.79 Å². The first-order valence-corrected chi connectivity index (χ1v) is 5.00. The number of benzene rings is 1. The van der Waals surface area contributed by atoms with Crippen molar-refractivity contribution in [3.05, 3.63) is 34.4 Å².